The first-order valence-corrected chi connectivity index (χ1v) is 8.87. The van der Waals surface area contributed by atoms with Crippen molar-refractivity contribution in [2.24, 2.45) is 5.92 Å². The molecule has 1 aliphatic carbocycles. The molecule has 1 aromatic carbocycles. The molecule has 0 aliphatic heterocycles. The largest absolute Gasteiger partial charge is 0.484 e. The molecule has 122 valence electrons. The van der Waals surface area contributed by atoms with E-state index in [1.807, 2.05) is 13.8 Å². The summed E-state index contributed by atoms with van der Waals surface area (Å²) in [5.41, 5.74) is 0. The Morgan fingerprint density at radius 3 is 2.45 bits per heavy atom. The summed E-state index contributed by atoms with van der Waals surface area (Å²) in [5.74, 6) is 0.550. The molecule has 0 bridgehead atoms. The minimum atomic E-state index is -3.50. The lowest BCUT2D eigenvalue weighted by atomic mass is 10.2. The van der Waals surface area contributed by atoms with Crippen LogP contribution in [0.25, 0.3) is 0 Å². The molecular formula is C15H22N2O4S. The van der Waals surface area contributed by atoms with Crippen LogP contribution in [-0.4, -0.2) is 33.5 Å². The highest BCUT2D eigenvalue weighted by atomic mass is 32.2. The van der Waals surface area contributed by atoms with Crippen LogP contribution in [0.15, 0.2) is 29.2 Å². The first-order valence-electron chi connectivity index (χ1n) is 7.39. The maximum absolute atomic E-state index is 12.0. The Balaban J connectivity index is 1.87. The summed E-state index contributed by atoms with van der Waals surface area (Å²) < 4.78 is 31.9. The number of amides is 1. The lowest BCUT2D eigenvalue weighted by Crippen LogP contribution is -2.30. The second-order valence-corrected chi connectivity index (χ2v) is 7.61. The standard InChI is InChI=1S/C15H22N2O4S/c1-11(2)9-16-22(19,20)14-7-5-13(6-8-14)21-10-15(18)17-12-3-4-12/h5-8,11-12,16H,3-4,9-10H2,1-2H3,(H,17,18). The van der Waals surface area contributed by atoms with Crippen molar-refractivity contribution in [3.8, 4) is 5.75 Å². The minimum absolute atomic E-state index is 0.0613. The highest BCUT2D eigenvalue weighted by molar-refractivity contribution is 7.89. The third-order valence-electron chi connectivity index (χ3n) is 3.13. The van der Waals surface area contributed by atoms with Gasteiger partial charge in [-0.05, 0) is 43.0 Å². The van der Waals surface area contributed by atoms with E-state index in [9.17, 15) is 13.2 Å². The molecule has 0 spiro atoms. The summed E-state index contributed by atoms with van der Waals surface area (Å²) in [6.45, 7) is 4.20. The predicted octanol–water partition coefficient (Wildman–Crippen LogP) is 1.28. The Bertz CT molecular complexity index is 607. The highest BCUT2D eigenvalue weighted by Gasteiger charge is 2.23. The summed E-state index contributed by atoms with van der Waals surface area (Å²) in [7, 11) is -3.50. The van der Waals surface area contributed by atoms with Gasteiger partial charge in [0.05, 0.1) is 4.90 Å². The van der Waals surface area contributed by atoms with Crippen LogP contribution >= 0.6 is 0 Å². The Labute approximate surface area is 131 Å². The number of carbonyl (C=O) groups excluding carboxylic acids is 1. The number of sulfonamides is 1. The van der Waals surface area contributed by atoms with Crippen LogP contribution in [0, 0.1) is 5.92 Å². The van der Waals surface area contributed by atoms with E-state index in [4.69, 9.17) is 4.74 Å². The SMILES string of the molecule is CC(C)CNS(=O)(=O)c1ccc(OCC(=O)NC2CC2)cc1. The first-order chi connectivity index (χ1) is 10.4. The minimum Gasteiger partial charge on any atom is -0.484 e. The summed E-state index contributed by atoms with van der Waals surface area (Å²) in [4.78, 5) is 11.7. The van der Waals surface area contributed by atoms with Gasteiger partial charge in [-0.2, -0.15) is 0 Å². The molecule has 1 amide bonds. The van der Waals surface area contributed by atoms with E-state index in [1.165, 1.54) is 12.1 Å². The molecule has 6 nitrogen and oxygen atoms in total. The molecular weight excluding hydrogens is 304 g/mol. The number of rotatable bonds is 8. The zero-order chi connectivity index (χ0) is 16.2. The second kappa shape index (κ2) is 7.11. The van der Waals surface area contributed by atoms with Crippen LogP contribution in [0.2, 0.25) is 0 Å². The molecule has 0 atom stereocenters. The van der Waals surface area contributed by atoms with Crippen LogP contribution in [0.1, 0.15) is 26.7 Å². The first kappa shape index (κ1) is 16.8. The fraction of sp³-hybridized carbons (Fsp3) is 0.533. The van der Waals surface area contributed by atoms with Gasteiger partial charge in [0.2, 0.25) is 10.0 Å². The maximum atomic E-state index is 12.0. The molecule has 2 N–H and O–H groups in total. The van der Waals surface area contributed by atoms with Gasteiger partial charge in [-0.1, -0.05) is 13.8 Å². The molecule has 1 aliphatic rings. The Morgan fingerprint density at radius 1 is 1.27 bits per heavy atom. The summed E-state index contributed by atoms with van der Waals surface area (Å²) in [5, 5.41) is 2.82. The van der Waals surface area contributed by atoms with Gasteiger partial charge in [0.25, 0.3) is 5.91 Å². The van der Waals surface area contributed by atoms with Crippen molar-refractivity contribution in [3.05, 3.63) is 24.3 Å². The van der Waals surface area contributed by atoms with Gasteiger partial charge in [0.15, 0.2) is 6.61 Å². The van der Waals surface area contributed by atoms with E-state index in [2.05, 4.69) is 10.0 Å². The molecule has 0 heterocycles. The van der Waals surface area contributed by atoms with E-state index < -0.39 is 10.0 Å². The lowest BCUT2D eigenvalue weighted by molar-refractivity contribution is -0.123. The van der Waals surface area contributed by atoms with Crippen molar-refractivity contribution in [2.75, 3.05) is 13.2 Å². The molecule has 2 rings (SSSR count). The fourth-order valence-electron chi connectivity index (χ4n) is 1.72. The van der Waals surface area contributed by atoms with Crippen molar-refractivity contribution in [2.45, 2.75) is 37.6 Å². The van der Waals surface area contributed by atoms with Crippen molar-refractivity contribution >= 4 is 15.9 Å². The van der Waals surface area contributed by atoms with Gasteiger partial charge in [0, 0.05) is 12.6 Å². The molecule has 0 radical (unpaired) electrons. The number of carbonyl (C=O) groups is 1. The molecule has 7 heteroatoms. The van der Waals surface area contributed by atoms with Gasteiger partial charge in [0.1, 0.15) is 5.75 Å². The molecule has 0 saturated heterocycles. The summed E-state index contributed by atoms with van der Waals surface area (Å²) >= 11 is 0. The van der Waals surface area contributed by atoms with Gasteiger partial charge >= 0.3 is 0 Å². The molecule has 1 fully saturated rings. The normalized spacial score (nSPS) is 14.9. The van der Waals surface area contributed by atoms with Crippen molar-refractivity contribution < 1.29 is 17.9 Å². The third-order valence-corrected chi connectivity index (χ3v) is 4.57. The van der Waals surface area contributed by atoms with Crippen LogP contribution in [0.3, 0.4) is 0 Å². The Morgan fingerprint density at radius 2 is 1.91 bits per heavy atom. The van der Waals surface area contributed by atoms with Crippen LogP contribution in [0.5, 0.6) is 5.75 Å². The molecule has 0 unspecified atom stereocenters. The molecule has 22 heavy (non-hydrogen) atoms. The maximum Gasteiger partial charge on any atom is 0.258 e. The number of hydrogen-bond acceptors (Lipinski definition) is 4. The van der Waals surface area contributed by atoms with Gasteiger partial charge in [-0.3, -0.25) is 4.79 Å². The fourth-order valence-corrected chi connectivity index (χ4v) is 2.93. The van der Waals surface area contributed by atoms with E-state index in [0.717, 1.165) is 12.8 Å². The summed E-state index contributed by atoms with van der Waals surface area (Å²) in [6.07, 6.45) is 2.06. The van der Waals surface area contributed by atoms with Crippen molar-refractivity contribution in [3.63, 3.8) is 0 Å². The van der Waals surface area contributed by atoms with E-state index in [0.29, 0.717) is 18.3 Å². The highest BCUT2D eigenvalue weighted by Crippen LogP contribution is 2.19. The quantitative estimate of drug-likeness (QED) is 0.754. The van der Waals surface area contributed by atoms with E-state index >= 15 is 0 Å². The summed E-state index contributed by atoms with van der Waals surface area (Å²) in [6, 6.07) is 6.34. The zero-order valence-electron chi connectivity index (χ0n) is 12.8. The van der Waals surface area contributed by atoms with Gasteiger partial charge in [-0.25, -0.2) is 13.1 Å². The molecule has 1 aromatic rings. The Hall–Kier alpha value is -1.60. The topological polar surface area (TPSA) is 84.5 Å². The lowest BCUT2D eigenvalue weighted by Gasteiger charge is -2.10. The van der Waals surface area contributed by atoms with Gasteiger partial charge < -0.3 is 10.1 Å². The van der Waals surface area contributed by atoms with Crippen LogP contribution in [0.4, 0.5) is 0 Å². The average Bonchev–Trinajstić information content (AvgIpc) is 3.27. The second-order valence-electron chi connectivity index (χ2n) is 5.85. The number of benzene rings is 1. The number of nitrogens with one attached hydrogen (secondary N) is 2. The number of hydrogen-bond donors (Lipinski definition) is 2. The van der Waals surface area contributed by atoms with Gasteiger partial charge in [-0.15, -0.1) is 0 Å². The average molecular weight is 326 g/mol. The Kier molecular flexibility index (Phi) is 5.42. The third kappa shape index (κ3) is 5.31. The van der Waals surface area contributed by atoms with Crippen molar-refractivity contribution in [1.82, 2.24) is 10.0 Å². The number of ether oxygens (including phenoxy) is 1. The van der Waals surface area contributed by atoms with E-state index in [1.54, 1.807) is 12.1 Å². The monoisotopic (exact) mass is 326 g/mol. The van der Waals surface area contributed by atoms with Crippen LogP contribution < -0.4 is 14.8 Å². The predicted molar refractivity (Wildman–Crippen MR) is 83.1 cm³/mol. The van der Waals surface area contributed by atoms with Crippen molar-refractivity contribution in [1.29, 1.82) is 0 Å². The van der Waals surface area contributed by atoms with E-state index in [-0.39, 0.29) is 23.3 Å². The molecule has 0 aromatic heterocycles. The zero-order valence-corrected chi connectivity index (χ0v) is 13.7. The van der Waals surface area contributed by atoms with Crippen LogP contribution in [-0.2, 0) is 14.8 Å². The smallest absolute Gasteiger partial charge is 0.258 e. The molecule has 1 saturated carbocycles.